The summed E-state index contributed by atoms with van der Waals surface area (Å²) in [7, 11) is -2.16. The molecule has 33 heavy (non-hydrogen) atoms. The SMILES string of the molecule is CN=C(N)c1ccc(CN2CCN(S(=O)(=O)c3ccc4cc(Cl)ccc4c3)CC2=O)cc1.Cl. The molecule has 1 amide bonds. The van der Waals surface area contributed by atoms with E-state index in [2.05, 4.69) is 4.99 Å². The van der Waals surface area contributed by atoms with Crippen LogP contribution in [0.5, 0.6) is 0 Å². The monoisotopic (exact) mass is 506 g/mol. The molecule has 1 aliphatic rings. The molecule has 0 saturated carbocycles. The van der Waals surface area contributed by atoms with E-state index >= 15 is 0 Å². The molecule has 1 fully saturated rings. The van der Waals surface area contributed by atoms with Crippen LogP contribution in [-0.4, -0.2) is 56.0 Å². The van der Waals surface area contributed by atoms with Crippen molar-refractivity contribution < 1.29 is 13.2 Å². The lowest BCUT2D eigenvalue weighted by Gasteiger charge is -2.33. The summed E-state index contributed by atoms with van der Waals surface area (Å²) in [4.78, 5) is 18.5. The zero-order valence-corrected chi connectivity index (χ0v) is 20.3. The Morgan fingerprint density at radius 1 is 1.03 bits per heavy atom. The first-order valence-electron chi connectivity index (χ1n) is 10.1. The quantitative estimate of drug-likeness (QED) is 0.424. The molecule has 1 aliphatic heterocycles. The van der Waals surface area contributed by atoms with Crippen molar-refractivity contribution >= 4 is 56.5 Å². The van der Waals surface area contributed by atoms with Crippen LogP contribution in [-0.2, 0) is 21.4 Å². The minimum absolute atomic E-state index is 0. The van der Waals surface area contributed by atoms with Crippen molar-refractivity contribution in [1.82, 2.24) is 9.21 Å². The number of carbonyl (C=O) groups is 1. The molecule has 0 aliphatic carbocycles. The molecule has 0 bridgehead atoms. The number of aliphatic imine (C=N–C) groups is 1. The van der Waals surface area contributed by atoms with Gasteiger partial charge in [0, 0.05) is 37.3 Å². The van der Waals surface area contributed by atoms with E-state index in [-0.39, 0.29) is 36.3 Å². The highest BCUT2D eigenvalue weighted by atomic mass is 35.5. The molecule has 0 spiro atoms. The smallest absolute Gasteiger partial charge is 0.243 e. The highest BCUT2D eigenvalue weighted by molar-refractivity contribution is 7.89. The predicted octanol–water partition coefficient (Wildman–Crippen LogP) is 3.28. The lowest BCUT2D eigenvalue weighted by Crippen LogP contribution is -2.51. The second kappa shape index (κ2) is 10.1. The second-order valence-corrected chi connectivity index (χ2v) is 9.99. The van der Waals surface area contributed by atoms with Crippen molar-refractivity contribution in [3.05, 3.63) is 76.8 Å². The minimum atomic E-state index is -3.79. The van der Waals surface area contributed by atoms with Crippen LogP contribution in [0.15, 0.2) is 70.6 Å². The molecule has 1 heterocycles. The Balaban J connectivity index is 0.00000306. The van der Waals surface area contributed by atoms with Gasteiger partial charge in [0.15, 0.2) is 0 Å². The van der Waals surface area contributed by atoms with E-state index in [1.807, 2.05) is 24.3 Å². The van der Waals surface area contributed by atoms with Gasteiger partial charge >= 0.3 is 0 Å². The summed E-state index contributed by atoms with van der Waals surface area (Å²) in [5.74, 6) is 0.217. The van der Waals surface area contributed by atoms with Crippen LogP contribution < -0.4 is 5.73 Å². The normalized spacial score (nSPS) is 15.5. The molecule has 174 valence electrons. The zero-order valence-electron chi connectivity index (χ0n) is 17.9. The molecular formula is C23H24Cl2N4O3S. The molecule has 3 aromatic rings. The Labute approximate surface area is 204 Å². The molecule has 0 radical (unpaired) electrons. The third-order valence-corrected chi connectivity index (χ3v) is 7.64. The maximum Gasteiger partial charge on any atom is 0.243 e. The topological polar surface area (TPSA) is 96.1 Å². The number of hydrogen-bond donors (Lipinski definition) is 1. The molecule has 7 nitrogen and oxygen atoms in total. The first kappa shape index (κ1) is 25.0. The number of fused-ring (bicyclic) bond motifs is 1. The summed E-state index contributed by atoms with van der Waals surface area (Å²) in [6.07, 6.45) is 0. The van der Waals surface area contributed by atoms with Gasteiger partial charge in [-0.15, -0.1) is 12.4 Å². The third-order valence-electron chi connectivity index (χ3n) is 5.56. The van der Waals surface area contributed by atoms with Crippen molar-refractivity contribution in [2.24, 2.45) is 10.7 Å². The zero-order chi connectivity index (χ0) is 22.9. The van der Waals surface area contributed by atoms with Gasteiger partial charge in [0.25, 0.3) is 0 Å². The number of carbonyl (C=O) groups excluding carboxylic acids is 1. The van der Waals surface area contributed by atoms with Crippen LogP contribution in [0.3, 0.4) is 0 Å². The summed E-state index contributed by atoms with van der Waals surface area (Å²) in [6, 6.07) is 17.7. The van der Waals surface area contributed by atoms with Crippen LogP contribution in [0.1, 0.15) is 11.1 Å². The van der Waals surface area contributed by atoms with Crippen molar-refractivity contribution in [3.63, 3.8) is 0 Å². The van der Waals surface area contributed by atoms with E-state index in [4.69, 9.17) is 17.3 Å². The van der Waals surface area contributed by atoms with Gasteiger partial charge in [-0.05, 0) is 40.6 Å². The number of benzene rings is 3. The number of amidine groups is 1. The van der Waals surface area contributed by atoms with Crippen molar-refractivity contribution in [3.8, 4) is 0 Å². The predicted molar refractivity (Wildman–Crippen MR) is 133 cm³/mol. The average molecular weight is 507 g/mol. The second-order valence-electron chi connectivity index (χ2n) is 7.61. The summed E-state index contributed by atoms with van der Waals surface area (Å²) < 4.78 is 27.5. The minimum Gasteiger partial charge on any atom is -0.384 e. The molecule has 0 aromatic heterocycles. The molecular weight excluding hydrogens is 483 g/mol. The van der Waals surface area contributed by atoms with E-state index in [0.29, 0.717) is 23.9 Å². The number of amides is 1. The summed E-state index contributed by atoms with van der Waals surface area (Å²) >= 11 is 6.01. The van der Waals surface area contributed by atoms with Gasteiger partial charge in [-0.3, -0.25) is 9.79 Å². The Bertz CT molecular complexity index is 1310. The van der Waals surface area contributed by atoms with E-state index in [9.17, 15) is 13.2 Å². The van der Waals surface area contributed by atoms with Gasteiger partial charge < -0.3 is 10.6 Å². The molecule has 0 unspecified atom stereocenters. The maximum atomic E-state index is 13.1. The van der Waals surface area contributed by atoms with E-state index < -0.39 is 10.0 Å². The highest BCUT2D eigenvalue weighted by Crippen LogP contribution is 2.25. The Hall–Kier alpha value is -2.65. The number of hydrogen-bond acceptors (Lipinski definition) is 4. The van der Waals surface area contributed by atoms with Crippen molar-refractivity contribution in [2.75, 3.05) is 26.7 Å². The number of halogens is 2. The first-order valence-corrected chi connectivity index (χ1v) is 11.9. The van der Waals surface area contributed by atoms with E-state index in [1.165, 1.54) is 4.31 Å². The van der Waals surface area contributed by atoms with Gasteiger partial charge in [0.05, 0.1) is 11.4 Å². The molecule has 0 atom stereocenters. The van der Waals surface area contributed by atoms with Gasteiger partial charge in [0.1, 0.15) is 5.84 Å². The number of sulfonamides is 1. The summed E-state index contributed by atoms with van der Waals surface area (Å²) in [6.45, 7) is 0.781. The fourth-order valence-electron chi connectivity index (χ4n) is 3.69. The molecule has 1 saturated heterocycles. The Morgan fingerprint density at radius 2 is 1.70 bits per heavy atom. The van der Waals surface area contributed by atoms with Gasteiger partial charge in [-0.2, -0.15) is 4.31 Å². The van der Waals surface area contributed by atoms with E-state index in [1.54, 1.807) is 48.3 Å². The van der Waals surface area contributed by atoms with Crippen LogP contribution in [0.2, 0.25) is 5.02 Å². The standard InChI is InChI=1S/C23H23ClN4O3S.ClH/c1-26-23(25)17-4-2-16(3-5-17)14-27-10-11-28(15-22(27)29)32(30,31)21-9-7-18-12-20(24)8-6-19(18)13-21;/h2-9,12-13H,10-11,14-15H2,1H3,(H2,25,26);1H. The summed E-state index contributed by atoms with van der Waals surface area (Å²) in [5, 5.41) is 2.22. The number of nitrogens with two attached hydrogens (primary N) is 1. The molecule has 4 rings (SSSR count). The summed E-state index contributed by atoms with van der Waals surface area (Å²) in [5.41, 5.74) is 7.57. The average Bonchev–Trinajstić information content (AvgIpc) is 2.79. The third kappa shape index (κ3) is 5.30. The van der Waals surface area contributed by atoms with Gasteiger partial charge in [-0.25, -0.2) is 8.42 Å². The fraction of sp³-hybridized carbons (Fsp3) is 0.217. The van der Waals surface area contributed by atoms with Crippen LogP contribution >= 0.6 is 24.0 Å². The number of rotatable bonds is 5. The Morgan fingerprint density at radius 3 is 2.36 bits per heavy atom. The van der Waals surface area contributed by atoms with E-state index in [0.717, 1.165) is 21.9 Å². The molecule has 3 aromatic carbocycles. The van der Waals surface area contributed by atoms with Gasteiger partial charge in [0.2, 0.25) is 15.9 Å². The molecule has 2 N–H and O–H groups in total. The van der Waals surface area contributed by atoms with Crippen LogP contribution in [0.4, 0.5) is 0 Å². The van der Waals surface area contributed by atoms with Crippen molar-refractivity contribution in [1.29, 1.82) is 0 Å². The largest absolute Gasteiger partial charge is 0.384 e. The molecule has 10 heteroatoms. The fourth-order valence-corrected chi connectivity index (χ4v) is 5.29. The van der Waals surface area contributed by atoms with Crippen LogP contribution in [0, 0.1) is 0 Å². The Kier molecular flexibility index (Phi) is 7.64. The first-order chi connectivity index (χ1) is 15.3. The maximum absolute atomic E-state index is 13.1. The number of piperazine rings is 1. The highest BCUT2D eigenvalue weighted by Gasteiger charge is 2.32. The number of nitrogens with zero attached hydrogens (tertiary/aromatic N) is 3. The van der Waals surface area contributed by atoms with Crippen molar-refractivity contribution in [2.45, 2.75) is 11.4 Å². The lowest BCUT2D eigenvalue weighted by atomic mass is 10.1. The van der Waals surface area contributed by atoms with Crippen LogP contribution in [0.25, 0.3) is 10.8 Å². The lowest BCUT2D eigenvalue weighted by molar-refractivity contribution is -0.134. The van der Waals surface area contributed by atoms with Gasteiger partial charge in [-0.1, -0.05) is 48.0 Å².